The molecule has 0 bridgehead atoms. The summed E-state index contributed by atoms with van der Waals surface area (Å²) in [5, 5.41) is 0.785. The van der Waals surface area contributed by atoms with Gasteiger partial charge in [-0.05, 0) is 55.0 Å². The standard InChI is InChI=1S/C23H23FN2O4/c1-15-11-20(25-19-5-4-17(24)13-18(15)19)16-3-6-21(22(12-16)28-2)30-14-23(27)26-7-9-29-10-8-26/h3-6,11-13H,7-10,14H2,1-2H3. The van der Waals surface area contributed by atoms with E-state index in [0.29, 0.717) is 37.8 Å². The van der Waals surface area contributed by atoms with Crippen LogP contribution in [0.15, 0.2) is 42.5 Å². The average Bonchev–Trinajstić information content (AvgIpc) is 2.78. The summed E-state index contributed by atoms with van der Waals surface area (Å²) < 4.78 is 30.0. The monoisotopic (exact) mass is 410 g/mol. The second-order valence-electron chi connectivity index (χ2n) is 7.13. The maximum absolute atomic E-state index is 13.5. The molecule has 1 saturated heterocycles. The van der Waals surface area contributed by atoms with Gasteiger partial charge in [-0.1, -0.05) is 0 Å². The number of amides is 1. The molecule has 1 amide bonds. The second kappa shape index (κ2) is 8.67. The number of nitrogens with zero attached hydrogens (tertiary/aromatic N) is 2. The SMILES string of the molecule is COc1cc(-c2cc(C)c3cc(F)ccc3n2)ccc1OCC(=O)N1CCOCC1. The van der Waals surface area contributed by atoms with Gasteiger partial charge in [-0.25, -0.2) is 9.37 Å². The smallest absolute Gasteiger partial charge is 0.260 e. The first-order chi connectivity index (χ1) is 14.5. The Hall–Kier alpha value is -3.19. The van der Waals surface area contributed by atoms with Crippen molar-refractivity contribution in [3.05, 3.63) is 53.8 Å². The molecule has 0 aliphatic carbocycles. The van der Waals surface area contributed by atoms with Crippen molar-refractivity contribution >= 4 is 16.8 Å². The van der Waals surface area contributed by atoms with Crippen LogP contribution in [-0.2, 0) is 9.53 Å². The third kappa shape index (κ3) is 4.21. The van der Waals surface area contributed by atoms with Gasteiger partial charge in [-0.2, -0.15) is 0 Å². The van der Waals surface area contributed by atoms with Crippen LogP contribution in [0.5, 0.6) is 11.5 Å². The topological polar surface area (TPSA) is 60.9 Å². The number of carbonyl (C=O) groups excluding carboxylic acids is 1. The molecule has 0 saturated carbocycles. The number of benzene rings is 2. The summed E-state index contributed by atoms with van der Waals surface area (Å²) in [4.78, 5) is 18.7. The van der Waals surface area contributed by atoms with Crippen LogP contribution in [0.1, 0.15) is 5.56 Å². The van der Waals surface area contributed by atoms with Crippen LogP contribution in [0.3, 0.4) is 0 Å². The zero-order valence-electron chi connectivity index (χ0n) is 17.0. The molecule has 2 aromatic carbocycles. The highest BCUT2D eigenvalue weighted by Gasteiger charge is 2.18. The van der Waals surface area contributed by atoms with Gasteiger partial charge in [0.05, 0.1) is 31.5 Å². The molecule has 1 fully saturated rings. The lowest BCUT2D eigenvalue weighted by Gasteiger charge is -2.26. The number of ether oxygens (including phenoxy) is 3. The summed E-state index contributed by atoms with van der Waals surface area (Å²) in [7, 11) is 1.55. The molecule has 30 heavy (non-hydrogen) atoms. The van der Waals surface area contributed by atoms with Crippen LogP contribution in [0.25, 0.3) is 22.2 Å². The van der Waals surface area contributed by atoms with E-state index < -0.39 is 0 Å². The van der Waals surface area contributed by atoms with Gasteiger partial charge in [-0.15, -0.1) is 0 Å². The zero-order valence-corrected chi connectivity index (χ0v) is 17.0. The van der Waals surface area contributed by atoms with E-state index >= 15 is 0 Å². The summed E-state index contributed by atoms with van der Waals surface area (Å²) in [5.41, 5.74) is 3.25. The highest BCUT2D eigenvalue weighted by molar-refractivity contribution is 5.85. The van der Waals surface area contributed by atoms with E-state index in [1.54, 1.807) is 24.1 Å². The lowest BCUT2D eigenvalue weighted by Crippen LogP contribution is -2.43. The van der Waals surface area contributed by atoms with Crippen LogP contribution in [0.4, 0.5) is 4.39 Å². The van der Waals surface area contributed by atoms with Crippen LogP contribution in [0.2, 0.25) is 0 Å². The molecule has 4 rings (SSSR count). The quantitative estimate of drug-likeness (QED) is 0.643. The molecule has 7 heteroatoms. The normalized spacial score (nSPS) is 14.0. The highest BCUT2D eigenvalue weighted by atomic mass is 19.1. The molecule has 0 spiro atoms. The van der Waals surface area contributed by atoms with Crippen molar-refractivity contribution in [3.63, 3.8) is 0 Å². The lowest BCUT2D eigenvalue weighted by molar-refractivity contribution is -0.137. The summed E-state index contributed by atoms with van der Waals surface area (Å²) in [6, 6.07) is 11.9. The fourth-order valence-corrected chi connectivity index (χ4v) is 3.50. The minimum atomic E-state index is -0.282. The maximum Gasteiger partial charge on any atom is 0.260 e. The van der Waals surface area contributed by atoms with Crippen molar-refractivity contribution in [2.75, 3.05) is 40.0 Å². The third-order valence-electron chi connectivity index (χ3n) is 5.15. The van der Waals surface area contributed by atoms with Crippen LogP contribution in [-0.4, -0.2) is 55.8 Å². The van der Waals surface area contributed by atoms with Crippen molar-refractivity contribution in [3.8, 4) is 22.8 Å². The number of hydrogen-bond acceptors (Lipinski definition) is 5. The van der Waals surface area contributed by atoms with E-state index in [9.17, 15) is 9.18 Å². The number of fused-ring (bicyclic) bond motifs is 1. The van der Waals surface area contributed by atoms with Gasteiger partial charge in [0.15, 0.2) is 18.1 Å². The van der Waals surface area contributed by atoms with Crippen LogP contribution in [0, 0.1) is 12.7 Å². The lowest BCUT2D eigenvalue weighted by atomic mass is 10.0. The van der Waals surface area contributed by atoms with Crippen molar-refractivity contribution in [2.45, 2.75) is 6.92 Å². The Morgan fingerprint density at radius 3 is 2.70 bits per heavy atom. The van der Waals surface area contributed by atoms with Gasteiger partial charge in [0.25, 0.3) is 5.91 Å². The fourth-order valence-electron chi connectivity index (χ4n) is 3.50. The van der Waals surface area contributed by atoms with E-state index in [2.05, 4.69) is 4.98 Å². The molecule has 156 valence electrons. The first kappa shape index (κ1) is 20.1. The number of methoxy groups -OCH3 is 1. The zero-order chi connectivity index (χ0) is 21.1. The molecule has 2 heterocycles. The van der Waals surface area contributed by atoms with Gasteiger partial charge in [0.2, 0.25) is 0 Å². The largest absolute Gasteiger partial charge is 0.493 e. The van der Waals surface area contributed by atoms with E-state index in [4.69, 9.17) is 14.2 Å². The summed E-state index contributed by atoms with van der Waals surface area (Å²) in [6.45, 7) is 4.13. The average molecular weight is 410 g/mol. The number of rotatable bonds is 5. The molecule has 6 nitrogen and oxygen atoms in total. The maximum atomic E-state index is 13.5. The van der Waals surface area contributed by atoms with Crippen molar-refractivity contribution in [1.29, 1.82) is 0 Å². The molecule has 0 unspecified atom stereocenters. The van der Waals surface area contributed by atoms with Crippen molar-refractivity contribution in [1.82, 2.24) is 9.88 Å². The minimum absolute atomic E-state index is 0.0609. The Balaban J connectivity index is 1.55. The van der Waals surface area contributed by atoms with Gasteiger partial charge >= 0.3 is 0 Å². The van der Waals surface area contributed by atoms with E-state index in [1.165, 1.54) is 12.1 Å². The Bertz CT molecular complexity index is 1080. The van der Waals surface area contributed by atoms with Crippen LogP contribution < -0.4 is 9.47 Å². The molecule has 0 atom stereocenters. The Kier molecular flexibility index (Phi) is 5.81. The minimum Gasteiger partial charge on any atom is -0.493 e. The van der Waals surface area contributed by atoms with Gasteiger partial charge in [0.1, 0.15) is 5.82 Å². The molecular weight excluding hydrogens is 387 g/mol. The van der Waals surface area contributed by atoms with Gasteiger partial charge in [0, 0.05) is 24.0 Å². The Labute approximate surface area is 174 Å². The molecular formula is C23H23FN2O4. The molecule has 0 radical (unpaired) electrons. The van der Waals surface area contributed by atoms with E-state index in [0.717, 1.165) is 27.7 Å². The number of aryl methyl sites for hydroxylation is 1. The predicted octanol–water partition coefficient (Wildman–Crippen LogP) is 3.60. The molecule has 3 aromatic rings. The molecule has 1 aliphatic heterocycles. The summed E-state index contributed by atoms with van der Waals surface area (Å²) >= 11 is 0. The number of aromatic nitrogens is 1. The van der Waals surface area contributed by atoms with Gasteiger partial charge in [-0.3, -0.25) is 4.79 Å². The van der Waals surface area contributed by atoms with Crippen molar-refractivity contribution < 1.29 is 23.4 Å². The van der Waals surface area contributed by atoms with Crippen LogP contribution >= 0.6 is 0 Å². The number of hydrogen-bond donors (Lipinski definition) is 0. The predicted molar refractivity (Wildman–Crippen MR) is 111 cm³/mol. The van der Waals surface area contributed by atoms with Gasteiger partial charge < -0.3 is 19.1 Å². The number of halogens is 1. The second-order valence-corrected chi connectivity index (χ2v) is 7.13. The first-order valence-corrected chi connectivity index (χ1v) is 9.79. The number of morpholine rings is 1. The fraction of sp³-hybridized carbons (Fsp3) is 0.304. The molecule has 1 aliphatic rings. The number of pyridine rings is 1. The molecule has 0 N–H and O–H groups in total. The van der Waals surface area contributed by atoms with Crippen molar-refractivity contribution in [2.24, 2.45) is 0 Å². The first-order valence-electron chi connectivity index (χ1n) is 9.79. The Morgan fingerprint density at radius 2 is 1.93 bits per heavy atom. The summed E-state index contributed by atoms with van der Waals surface area (Å²) in [5.74, 6) is 0.641. The Morgan fingerprint density at radius 1 is 1.13 bits per heavy atom. The summed E-state index contributed by atoms with van der Waals surface area (Å²) in [6.07, 6.45) is 0. The third-order valence-corrected chi connectivity index (χ3v) is 5.15. The highest BCUT2D eigenvalue weighted by Crippen LogP contribution is 2.33. The molecule has 1 aromatic heterocycles. The van der Waals surface area contributed by atoms with E-state index in [1.807, 2.05) is 25.1 Å². The number of carbonyl (C=O) groups is 1. The van der Waals surface area contributed by atoms with E-state index in [-0.39, 0.29) is 18.3 Å².